The van der Waals surface area contributed by atoms with E-state index in [1.54, 1.807) is 43.5 Å². The molecule has 0 amide bonds. The molecular formula is C24H24Br2FN5O5S. The Balaban J connectivity index is 1.88. The van der Waals surface area contributed by atoms with Crippen LogP contribution in [0.2, 0.25) is 0 Å². The van der Waals surface area contributed by atoms with Gasteiger partial charge in [-0.05, 0) is 63.9 Å². The van der Waals surface area contributed by atoms with Gasteiger partial charge in [-0.25, -0.2) is 22.8 Å². The lowest BCUT2D eigenvalue weighted by Crippen LogP contribution is -2.27. The average Bonchev–Trinajstić information content (AvgIpc) is 3.48. The highest BCUT2D eigenvalue weighted by molar-refractivity contribution is 9.11. The quantitative estimate of drug-likeness (QED) is 0.230. The number of methoxy groups -OCH3 is 2. The second-order valence-corrected chi connectivity index (χ2v) is 12.6. The van der Waals surface area contributed by atoms with Crippen LogP contribution in [0.1, 0.15) is 37.2 Å². The molecule has 38 heavy (non-hydrogen) atoms. The molecule has 0 saturated heterocycles. The highest BCUT2D eigenvalue weighted by Gasteiger charge is 2.34. The fourth-order valence-electron chi connectivity index (χ4n) is 3.91. The van der Waals surface area contributed by atoms with Gasteiger partial charge in [0.1, 0.15) is 23.0 Å². The van der Waals surface area contributed by atoms with Gasteiger partial charge < -0.3 is 13.9 Å². The van der Waals surface area contributed by atoms with Gasteiger partial charge in [0.05, 0.1) is 40.8 Å². The molecule has 0 aliphatic carbocycles. The normalized spacial score (nSPS) is 13.4. The molecule has 202 valence electrons. The lowest BCUT2D eigenvalue weighted by Gasteiger charge is -2.21. The first-order chi connectivity index (χ1) is 18.0. The smallest absolute Gasteiger partial charge is 0.204 e. The average molecular weight is 673 g/mol. The zero-order valence-corrected chi connectivity index (χ0v) is 25.1. The SMILES string of the molecule is COc1c(Br)cc(Br)c(OC)c1-n1c(CS(=O)(=O)[C@@H](C)[C@H](C)c2ncc(F)cn2)nnc1-c1ccc(C)o1. The van der Waals surface area contributed by atoms with Crippen molar-refractivity contribution in [2.75, 3.05) is 14.2 Å². The summed E-state index contributed by atoms with van der Waals surface area (Å²) in [5.74, 6) is 0.630. The van der Waals surface area contributed by atoms with Crippen molar-refractivity contribution in [2.24, 2.45) is 0 Å². The number of furan rings is 1. The number of aromatic nitrogens is 5. The summed E-state index contributed by atoms with van der Waals surface area (Å²) in [6.45, 7) is 5.02. The van der Waals surface area contributed by atoms with Crippen LogP contribution < -0.4 is 9.47 Å². The summed E-state index contributed by atoms with van der Waals surface area (Å²) in [5.41, 5.74) is 0.373. The summed E-state index contributed by atoms with van der Waals surface area (Å²) in [6, 6.07) is 5.24. The number of aryl methyl sites for hydroxylation is 1. The topological polar surface area (TPSA) is 122 Å². The van der Waals surface area contributed by atoms with E-state index in [0.717, 1.165) is 12.4 Å². The third kappa shape index (κ3) is 5.34. The van der Waals surface area contributed by atoms with E-state index >= 15 is 0 Å². The van der Waals surface area contributed by atoms with Gasteiger partial charge in [0, 0.05) is 5.92 Å². The molecule has 10 nitrogen and oxygen atoms in total. The fraction of sp³-hybridized carbons (Fsp3) is 0.333. The predicted octanol–water partition coefficient (Wildman–Crippen LogP) is 5.41. The van der Waals surface area contributed by atoms with Gasteiger partial charge in [-0.15, -0.1) is 10.2 Å². The van der Waals surface area contributed by atoms with Crippen molar-refractivity contribution >= 4 is 41.7 Å². The Kier molecular flexibility index (Phi) is 8.23. The van der Waals surface area contributed by atoms with Crippen LogP contribution in [0.25, 0.3) is 17.3 Å². The number of hydrogen-bond donors (Lipinski definition) is 0. The number of rotatable bonds is 9. The van der Waals surface area contributed by atoms with Crippen LogP contribution in [0.3, 0.4) is 0 Å². The van der Waals surface area contributed by atoms with E-state index in [9.17, 15) is 12.8 Å². The number of sulfone groups is 1. The Hall–Kier alpha value is -2.84. The van der Waals surface area contributed by atoms with E-state index in [-0.39, 0.29) is 17.5 Å². The first-order valence-electron chi connectivity index (χ1n) is 11.3. The molecule has 0 bridgehead atoms. The molecule has 0 spiro atoms. The largest absolute Gasteiger partial charge is 0.493 e. The van der Waals surface area contributed by atoms with Gasteiger partial charge in [0.15, 0.2) is 38.7 Å². The molecule has 0 saturated carbocycles. The number of hydrogen-bond acceptors (Lipinski definition) is 9. The number of benzene rings is 1. The number of nitrogens with zero attached hydrogens (tertiary/aromatic N) is 5. The van der Waals surface area contributed by atoms with Crippen LogP contribution in [-0.4, -0.2) is 52.6 Å². The third-order valence-corrected chi connectivity index (χ3v) is 9.47. The van der Waals surface area contributed by atoms with Crippen molar-refractivity contribution in [3.05, 3.63) is 62.8 Å². The first kappa shape index (κ1) is 28.2. The Labute approximate surface area is 235 Å². The second kappa shape index (κ2) is 11.1. The summed E-state index contributed by atoms with van der Waals surface area (Å²) >= 11 is 7.01. The summed E-state index contributed by atoms with van der Waals surface area (Å²) < 4.78 is 60.5. The second-order valence-electron chi connectivity index (χ2n) is 8.50. The van der Waals surface area contributed by atoms with E-state index in [2.05, 4.69) is 52.0 Å². The maximum atomic E-state index is 13.6. The van der Waals surface area contributed by atoms with Crippen LogP contribution in [0, 0.1) is 12.7 Å². The third-order valence-electron chi connectivity index (χ3n) is 6.09. The highest BCUT2D eigenvalue weighted by atomic mass is 79.9. The monoisotopic (exact) mass is 671 g/mol. The lowest BCUT2D eigenvalue weighted by atomic mass is 10.1. The van der Waals surface area contributed by atoms with Crippen LogP contribution >= 0.6 is 31.9 Å². The van der Waals surface area contributed by atoms with Crippen LogP contribution in [-0.2, 0) is 15.6 Å². The molecule has 0 aliphatic heterocycles. The van der Waals surface area contributed by atoms with Crippen molar-refractivity contribution in [3.8, 4) is 28.8 Å². The van der Waals surface area contributed by atoms with Crippen LogP contribution in [0.5, 0.6) is 11.5 Å². The van der Waals surface area contributed by atoms with Gasteiger partial charge >= 0.3 is 0 Å². The predicted molar refractivity (Wildman–Crippen MR) is 145 cm³/mol. The van der Waals surface area contributed by atoms with Gasteiger partial charge in [-0.2, -0.15) is 0 Å². The zero-order chi connectivity index (χ0) is 27.8. The standard InChI is InChI=1S/C24H24Br2FN5O5S/c1-12-6-7-18(37-12)24-31-30-19(32(24)20-21(35-4)16(25)8-17(26)22(20)36-5)11-38(33,34)14(3)13(2)23-28-9-15(27)10-29-23/h6-10,13-14H,11H2,1-5H3/t13-,14-/m0/s1. The van der Waals surface area contributed by atoms with Crippen LogP contribution in [0.15, 0.2) is 44.0 Å². The van der Waals surface area contributed by atoms with E-state index < -0.39 is 32.6 Å². The highest BCUT2D eigenvalue weighted by Crippen LogP contribution is 2.45. The zero-order valence-electron chi connectivity index (χ0n) is 21.1. The maximum absolute atomic E-state index is 13.6. The van der Waals surface area contributed by atoms with E-state index in [4.69, 9.17) is 13.9 Å². The van der Waals surface area contributed by atoms with Crippen molar-refractivity contribution in [2.45, 2.75) is 37.7 Å². The molecule has 3 heterocycles. The molecule has 4 rings (SSSR count). The molecule has 2 atom stereocenters. The van der Waals surface area contributed by atoms with Crippen molar-refractivity contribution in [1.29, 1.82) is 0 Å². The minimum absolute atomic E-state index is 0.106. The maximum Gasteiger partial charge on any atom is 0.204 e. The molecule has 0 fully saturated rings. The fourth-order valence-corrected chi connectivity index (χ4v) is 6.93. The molecule has 14 heteroatoms. The summed E-state index contributed by atoms with van der Waals surface area (Å²) in [6.07, 6.45) is 2.02. The Morgan fingerprint density at radius 2 is 1.66 bits per heavy atom. The number of halogens is 3. The summed E-state index contributed by atoms with van der Waals surface area (Å²) in [4.78, 5) is 7.91. The molecule has 3 aromatic heterocycles. The Bertz CT molecular complexity index is 1550. The Morgan fingerprint density at radius 1 is 1.05 bits per heavy atom. The van der Waals surface area contributed by atoms with Gasteiger partial charge in [-0.3, -0.25) is 4.57 Å². The molecule has 0 unspecified atom stereocenters. The molecule has 1 aromatic carbocycles. The minimum Gasteiger partial charge on any atom is -0.493 e. The van der Waals surface area contributed by atoms with Crippen LogP contribution in [0.4, 0.5) is 4.39 Å². The molecule has 0 radical (unpaired) electrons. The molecule has 0 N–H and O–H groups in total. The summed E-state index contributed by atoms with van der Waals surface area (Å²) in [5, 5.41) is 7.61. The number of ether oxygens (including phenoxy) is 2. The summed E-state index contributed by atoms with van der Waals surface area (Å²) in [7, 11) is -0.883. The van der Waals surface area contributed by atoms with E-state index in [1.165, 1.54) is 14.2 Å². The molecular weight excluding hydrogens is 649 g/mol. The molecule has 0 aliphatic rings. The van der Waals surface area contributed by atoms with Gasteiger partial charge in [-0.1, -0.05) is 6.92 Å². The Morgan fingerprint density at radius 3 is 2.18 bits per heavy atom. The minimum atomic E-state index is -3.86. The van der Waals surface area contributed by atoms with Gasteiger partial charge in [0.25, 0.3) is 0 Å². The van der Waals surface area contributed by atoms with E-state index in [1.807, 2.05) is 0 Å². The lowest BCUT2D eigenvalue weighted by molar-refractivity contribution is 0.387. The van der Waals surface area contributed by atoms with Gasteiger partial charge in [0.2, 0.25) is 5.82 Å². The van der Waals surface area contributed by atoms with Crippen molar-refractivity contribution in [1.82, 2.24) is 24.7 Å². The first-order valence-corrected chi connectivity index (χ1v) is 14.6. The van der Waals surface area contributed by atoms with Crippen molar-refractivity contribution in [3.63, 3.8) is 0 Å². The van der Waals surface area contributed by atoms with Crippen molar-refractivity contribution < 1.29 is 26.7 Å². The molecule has 4 aromatic rings. The van der Waals surface area contributed by atoms with E-state index in [0.29, 0.717) is 37.7 Å².